The Balaban J connectivity index is 4.57. The lowest BCUT2D eigenvalue weighted by atomic mass is 10.3. The van der Waals surface area contributed by atoms with Crippen LogP contribution in [-0.4, -0.2) is 18.9 Å². The fourth-order valence-electron chi connectivity index (χ4n) is 0.434. The summed E-state index contributed by atoms with van der Waals surface area (Å²) in [4.78, 5) is 10.7. The van der Waals surface area contributed by atoms with Crippen molar-refractivity contribution in [3.63, 3.8) is 0 Å². The Morgan fingerprint density at radius 1 is 1.58 bits per heavy atom. The Kier molecular flexibility index (Phi) is 3.69. The van der Waals surface area contributed by atoms with Crippen LogP contribution in [0.4, 0.5) is 0 Å². The van der Waals surface area contributed by atoms with Crippen LogP contribution in [0.15, 0.2) is 17.4 Å². The van der Waals surface area contributed by atoms with Crippen LogP contribution in [0.25, 0.3) is 0 Å². The molecule has 0 aromatic carbocycles. The average molecular weight is 192 g/mol. The molecule has 0 radical (unpaired) electrons. The molecule has 0 aliphatic carbocycles. The van der Waals surface area contributed by atoms with E-state index in [0.717, 1.165) is 0 Å². The number of hydrogen-bond acceptors (Lipinski definition) is 4. The summed E-state index contributed by atoms with van der Waals surface area (Å²) >= 11 is 0. The molecule has 0 rings (SSSR count). The van der Waals surface area contributed by atoms with Gasteiger partial charge in [-0.15, -0.1) is 5.73 Å². The van der Waals surface area contributed by atoms with Crippen molar-refractivity contribution in [2.24, 2.45) is 0 Å². The van der Waals surface area contributed by atoms with Crippen LogP contribution in [0.1, 0.15) is 13.8 Å². The molecule has 0 aliphatic rings. The third-order valence-corrected chi connectivity index (χ3v) is 1.21. The molecule has 0 amide bonds. The zero-order valence-electron chi connectivity index (χ0n) is 6.57. The van der Waals surface area contributed by atoms with Gasteiger partial charge in [0.15, 0.2) is 0 Å². The van der Waals surface area contributed by atoms with Crippen molar-refractivity contribution in [3.8, 4) is 0 Å². The molecule has 0 bridgehead atoms. The third kappa shape index (κ3) is 4.68. The van der Waals surface area contributed by atoms with E-state index in [1.165, 1.54) is 13.0 Å². The van der Waals surface area contributed by atoms with E-state index < -0.39 is 16.4 Å². The standard InChI is InChI=1S/C6H8O5S/c1-3-4-5(2)6(7)11-12(8,9)10/h3H,1-2H3,(H,8,9,10). The molecule has 0 aromatic rings. The van der Waals surface area contributed by atoms with Crippen molar-refractivity contribution in [3.05, 3.63) is 17.4 Å². The first-order valence-electron chi connectivity index (χ1n) is 2.96. The summed E-state index contributed by atoms with van der Waals surface area (Å²) in [5.41, 5.74) is 2.38. The molecule has 68 valence electrons. The first-order valence-corrected chi connectivity index (χ1v) is 4.32. The predicted molar refractivity (Wildman–Crippen MR) is 40.6 cm³/mol. The van der Waals surface area contributed by atoms with Crippen molar-refractivity contribution < 1.29 is 21.9 Å². The molecule has 0 saturated heterocycles. The number of hydrogen-bond donors (Lipinski definition) is 1. The number of carbonyl (C=O) groups is 1. The van der Waals surface area contributed by atoms with E-state index in [1.807, 2.05) is 0 Å². The van der Waals surface area contributed by atoms with Gasteiger partial charge < -0.3 is 4.18 Å². The monoisotopic (exact) mass is 192 g/mol. The highest BCUT2D eigenvalue weighted by atomic mass is 32.3. The molecule has 0 aromatic heterocycles. The van der Waals surface area contributed by atoms with Gasteiger partial charge in [-0.1, -0.05) is 0 Å². The molecule has 12 heavy (non-hydrogen) atoms. The van der Waals surface area contributed by atoms with E-state index in [-0.39, 0.29) is 5.57 Å². The number of rotatable bonds is 2. The highest BCUT2D eigenvalue weighted by molar-refractivity contribution is 7.81. The average Bonchev–Trinajstić information content (AvgIpc) is 1.84. The molecule has 0 spiro atoms. The molecule has 0 saturated carbocycles. The molecule has 0 heterocycles. The van der Waals surface area contributed by atoms with Gasteiger partial charge in [0, 0.05) is 0 Å². The molecule has 0 fully saturated rings. The van der Waals surface area contributed by atoms with Crippen molar-refractivity contribution in [1.82, 2.24) is 0 Å². The van der Waals surface area contributed by atoms with E-state index in [9.17, 15) is 13.2 Å². The van der Waals surface area contributed by atoms with Crippen molar-refractivity contribution >= 4 is 16.4 Å². The van der Waals surface area contributed by atoms with Gasteiger partial charge >= 0.3 is 16.4 Å². The first-order chi connectivity index (χ1) is 5.37. The quantitative estimate of drug-likeness (QED) is 0.390. The van der Waals surface area contributed by atoms with E-state index in [1.54, 1.807) is 6.92 Å². The largest absolute Gasteiger partial charge is 0.449 e. The Hall–Kier alpha value is -1.10. The molecule has 0 aliphatic heterocycles. The maximum absolute atomic E-state index is 10.7. The Morgan fingerprint density at radius 2 is 2.08 bits per heavy atom. The van der Waals surface area contributed by atoms with Gasteiger partial charge in [0.2, 0.25) is 0 Å². The van der Waals surface area contributed by atoms with Crippen molar-refractivity contribution in [2.45, 2.75) is 13.8 Å². The minimum absolute atomic E-state index is 0.0323. The highest BCUT2D eigenvalue weighted by Gasteiger charge is 2.13. The third-order valence-electron chi connectivity index (χ3n) is 0.848. The zero-order chi connectivity index (χ0) is 9.78. The van der Waals surface area contributed by atoms with Crippen LogP contribution in [0.2, 0.25) is 0 Å². The SMILES string of the molecule is CC=C=C(C)C(=O)OS(=O)(=O)O. The van der Waals surface area contributed by atoms with Crippen LogP contribution in [0.5, 0.6) is 0 Å². The lowest BCUT2D eigenvalue weighted by Crippen LogP contribution is -2.11. The second-order valence-corrected chi connectivity index (χ2v) is 2.88. The molecular formula is C6H8O5S. The normalized spacial score (nSPS) is 9.92. The topological polar surface area (TPSA) is 80.7 Å². The Morgan fingerprint density at radius 3 is 2.42 bits per heavy atom. The van der Waals surface area contributed by atoms with Crippen molar-refractivity contribution in [1.29, 1.82) is 0 Å². The van der Waals surface area contributed by atoms with E-state index in [4.69, 9.17) is 4.55 Å². The van der Waals surface area contributed by atoms with Gasteiger partial charge in [0.1, 0.15) is 0 Å². The second-order valence-electron chi connectivity index (χ2n) is 1.86. The minimum atomic E-state index is -4.71. The summed E-state index contributed by atoms with van der Waals surface area (Å²) in [5.74, 6) is -1.14. The highest BCUT2D eigenvalue weighted by Crippen LogP contribution is 1.97. The summed E-state index contributed by atoms with van der Waals surface area (Å²) < 4.78 is 31.7. The van der Waals surface area contributed by atoms with Gasteiger partial charge in [-0.2, -0.15) is 8.42 Å². The van der Waals surface area contributed by atoms with Gasteiger partial charge in [-0.25, -0.2) is 4.79 Å². The predicted octanol–water partition coefficient (Wildman–Crippen LogP) is 0.454. The zero-order valence-corrected chi connectivity index (χ0v) is 7.38. The molecule has 0 unspecified atom stereocenters. The number of carbonyl (C=O) groups excluding carboxylic acids is 1. The summed E-state index contributed by atoms with van der Waals surface area (Å²) in [5, 5.41) is 0. The maximum Gasteiger partial charge on any atom is 0.449 e. The maximum atomic E-state index is 10.7. The van der Waals surface area contributed by atoms with Gasteiger partial charge in [-0.3, -0.25) is 4.55 Å². The summed E-state index contributed by atoms with van der Waals surface area (Å²) in [6, 6.07) is 0. The van der Waals surface area contributed by atoms with Crippen LogP contribution >= 0.6 is 0 Å². The van der Waals surface area contributed by atoms with Crippen LogP contribution in [-0.2, 0) is 19.4 Å². The molecule has 1 N–H and O–H groups in total. The Labute approximate surface area is 70.3 Å². The molecule has 0 atom stereocenters. The smallest absolute Gasteiger partial charge is 0.320 e. The lowest BCUT2D eigenvalue weighted by molar-refractivity contribution is -0.130. The Bertz CT molecular complexity index is 331. The van der Waals surface area contributed by atoms with Gasteiger partial charge in [0.25, 0.3) is 0 Å². The summed E-state index contributed by atoms with van der Waals surface area (Å²) in [7, 11) is -4.71. The van der Waals surface area contributed by atoms with Crippen molar-refractivity contribution in [2.75, 3.05) is 0 Å². The first kappa shape index (κ1) is 10.9. The summed E-state index contributed by atoms with van der Waals surface area (Å²) in [6.07, 6.45) is 1.42. The minimum Gasteiger partial charge on any atom is -0.320 e. The molecule has 5 nitrogen and oxygen atoms in total. The van der Waals surface area contributed by atoms with E-state index in [2.05, 4.69) is 9.91 Å². The fraction of sp³-hybridized carbons (Fsp3) is 0.333. The van der Waals surface area contributed by atoms with E-state index in [0.29, 0.717) is 0 Å². The van der Waals surface area contributed by atoms with Crippen LogP contribution in [0.3, 0.4) is 0 Å². The fourth-order valence-corrected chi connectivity index (χ4v) is 0.750. The van der Waals surface area contributed by atoms with Gasteiger partial charge in [-0.05, 0) is 19.9 Å². The molecule has 6 heteroatoms. The molecular weight excluding hydrogens is 184 g/mol. The van der Waals surface area contributed by atoms with Gasteiger partial charge in [0.05, 0.1) is 5.57 Å². The van der Waals surface area contributed by atoms with Crippen LogP contribution in [0, 0.1) is 0 Å². The van der Waals surface area contributed by atoms with E-state index >= 15 is 0 Å². The second kappa shape index (κ2) is 4.06. The lowest BCUT2D eigenvalue weighted by Gasteiger charge is -1.96. The van der Waals surface area contributed by atoms with Crippen LogP contribution < -0.4 is 0 Å². The summed E-state index contributed by atoms with van der Waals surface area (Å²) in [6.45, 7) is 2.91.